The molecule has 1 aromatic rings. The monoisotopic (exact) mass is 510 g/mol. The third-order valence-electron chi connectivity index (χ3n) is 6.57. The number of nitrogens with one attached hydrogen (secondary N) is 3. The van der Waals surface area contributed by atoms with Crippen LogP contribution in [0.5, 0.6) is 0 Å². The first kappa shape index (κ1) is 26.8. The molecule has 5 atom stereocenters. The number of halogens is 3. The number of hydrogen-bond donors (Lipinski definition) is 4. The second kappa shape index (κ2) is 10.5. The van der Waals surface area contributed by atoms with Gasteiger partial charge in [0.15, 0.2) is 5.60 Å². The summed E-state index contributed by atoms with van der Waals surface area (Å²) in [6, 6.07) is 4.92. The molecular formula is C24H29ClF2N4O4. The Morgan fingerprint density at radius 1 is 1.29 bits per heavy atom. The third-order valence-corrected chi connectivity index (χ3v) is 6.90. The minimum atomic E-state index is -4.33. The normalized spacial score (nSPS) is 23.4. The van der Waals surface area contributed by atoms with Crippen LogP contribution in [0.1, 0.15) is 51.5 Å². The van der Waals surface area contributed by atoms with E-state index < -0.39 is 41.3 Å². The highest BCUT2D eigenvalue weighted by Gasteiger charge is 2.57. The van der Waals surface area contributed by atoms with Crippen LogP contribution >= 0.6 is 11.6 Å². The maximum absolute atomic E-state index is 15.2. The maximum atomic E-state index is 15.2. The number of amides is 3. The number of carbonyl (C=O) groups is 3. The highest BCUT2D eigenvalue weighted by Crippen LogP contribution is 2.41. The molecule has 190 valence electrons. The predicted octanol–water partition coefficient (Wildman–Crippen LogP) is 2.39. The Morgan fingerprint density at radius 3 is 2.49 bits per heavy atom. The van der Waals surface area contributed by atoms with E-state index in [4.69, 9.17) is 11.6 Å². The lowest BCUT2D eigenvalue weighted by molar-refractivity contribution is -0.192. The number of nitriles is 1. The van der Waals surface area contributed by atoms with Gasteiger partial charge in [0.2, 0.25) is 11.8 Å². The van der Waals surface area contributed by atoms with Crippen LogP contribution < -0.4 is 16.0 Å². The van der Waals surface area contributed by atoms with Crippen molar-refractivity contribution < 1.29 is 28.3 Å². The van der Waals surface area contributed by atoms with E-state index >= 15 is 8.78 Å². The Labute approximate surface area is 207 Å². The third kappa shape index (κ3) is 6.08. The van der Waals surface area contributed by atoms with E-state index in [1.165, 1.54) is 24.3 Å². The highest BCUT2D eigenvalue weighted by molar-refractivity contribution is 6.31. The summed E-state index contributed by atoms with van der Waals surface area (Å²) in [6.45, 7) is 2.61. The first-order chi connectivity index (χ1) is 16.4. The van der Waals surface area contributed by atoms with Crippen LogP contribution in [0.25, 0.3) is 0 Å². The molecule has 1 aliphatic carbocycles. The van der Waals surface area contributed by atoms with Gasteiger partial charge in [0.1, 0.15) is 12.1 Å². The van der Waals surface area contributed by atoms with Crippen LogP contribution in [0.15, 0.2) is 24.3 Å². The van der Waals surface area contributed by atoms with Gasteiger partial charge in [-0.2, -0.15) is 14.0 Å². The van der Waals surface area contributed by atoms with E-state index in [0.717, 1.165) is 19.8 Å². The molecule has 0 aromatic heterocycles. The van der Waals surface area contributed by atoms with Gasteiger partial charge in [-0.1, -0.05) is 42.6 Å². The quantitative estimate of drug-likeness (QED) is 0.384. The van der Waals surface area contributed by atoms with Crippen molar-refractivity contribution >= 4 is 29.3 Å². The Morgan fingerprint density at radius 2 is 1.94 bits per heavy atom. The van der Waals surface area contributed by atoms with Crippen molar-refractivity contribution in [2.75, 3.05) is 0 Å². The van der Waals surface area contributed by atoms with Crippen molar-refractivity contribution in [3.05, 3.63) is 34.9 Å². The standard InChI is InChI=1S/C24H29ClF2N4O4/c1-13-9-15(20(32)29-13)11-16(12-28)30-21(33)19(10-14-7-8-14)31-22(34)24(26,27)23(2,35)17-5-3-4-6-18(17)25/h3-6,13-16,19,35H,7-11H2,1-2H3,(H,29,32)(H,30,33)(H,31,34). The minimum Gasteiger partial charge on any atom is -0.378 e. The van der Waals surface area contributed by atoms with Crippen molar-refractivity contribution in [1.29, 1.82) is 5.26 Å². The van der Waals surface area contributed by atoms with Crippen LogP contribution in [0.3, 0.4) is 0 Å². The zero-order valence-corrected chi connectivity index (χ0v) is 20.2. The zero-order chi connectivity index (χ0) is 26.0. The summed E-state index contributed by atoms with van der Waals surface area (Å²) in [5.74, 6) is -7.55. The largest absolute Gasteiger partial charge is 0.378 e. The minimum absolute atomic E-state index is 0.0439. The lowest BCUT2D eigenvalue weighted by Crippen LogP contribution is -2.59. The number of rotatable bonds is 10. The summed E-state index contributed by atoms with van der Waals surface area (Å²) in [5, 5.41) is 27.3. The molecule has 1 aromatic carbocycles. The molecule has 4 N–H and O–H groups in total. The molecule has 1 aliphatic heterocycles. The predicted molar refractivity (Wildman–Crippen MR) is 123 cm³/mol. The molecule has 0 bridgehead atoms. The molecular weight excluding hydrogens is 482 g/mol. The summed E-state index contributed by atoms with van der Waals surface area (Å²) in [6.07, 6.45) is 2.27. The molecule has 1 heterocycles. The average molecular weight is 511 g/mol. The Kier molecular flexibility index (Phi) is 8.02. The van der Waals surface area contributed by atoms with Crippen LogP contribution in [0.4, 0.5) is 8.78 Å². The first-order valence-corrected chi connectivity index (χ1v) is 11.9. The molecule has 35 heavy (non-hydrogen) atoms. The smallest absolute Gasteiger partial charge is 0.356 e. The topological polar surface area (TPSA) is 131 Å². The molecule has 1 saturated carbocycles. The van der Waals surface area contributed by atoms with Crippen molar-refractivity contribution in [2.24, 2.45) is 11.8 Å². The second-order valence-electron chi connectivity index (χ2n) is 9.60. The number of aliphatic hydroxyl groups is 1. The second-order valence-corrected chi connectivity index (χ2v) is 10.0. The molecule has 8 nitrogen and oxygen atoms in total. The number of hydrogen-bond acceptors (Lipinski definition) is 5. The molecule has 0 spiro atoms. The van der Waals surface area contributed by atoms with Gasteiger partial charge in [-0.25, -0.2) is 0 Å². The number of nitrogens with zero attached hydrogens (tertiary/aromatic N) is 1. The highest BCUT2D eigenvalue weighted by atomic mass is 35.5. The number of alkyl halides is 2. The van der Waals surface area contributed by atoms with E-state index in [1.807, 2.05) is 13.0 Å². The van der Waals surface area contributed by atoms with Crippen LogP contribution in [-0.2, 0) is 20.0 Å². The van der Waals surface area contributed by atoms with E-state index in [9.17, 15) is 24.8 Å². The fraction of sp³-hybridized carbons (Fsp3) is 0.583. The van der Waals surface area contributed by atoms with Gasteiger partial charge in [-0.05, 0) is 45.1 Å². The fourth-order valence-electron chi connectivity index (χ4n) is 4.27. The summed E-state index contributed by atoms with van der Waals surface area (Å²) in [5.41, 5.74) is -3.28. The molecule has 11 heteroatoms. The van der Waals surface area contributed by atoms with E-state index in [2.05, 4.69) is 16.0 Å². The first-order valence-electron chi connectivity index (χ1n) is 11.5. The summed E-state index contributed by atoms with van der Waals surface area (Å²) < 4.78 is 30.3. The van der Waals surface area contributed by atoms with Gasteiger partial charge in [0.25, 0.3) is 5.91 Å². The zero-order valence-electron chi connectivity index (χ0n) is 19.5. The van der Waals surface area contributed by atoms with Crippen molar-refractivity contribution in [3.63, 3.8) is 0 Å². The Balaban J connectivity index is 1.72. The van der Waals surface area contributed by atoms with Gasteiger partial charge in [0.05, 0.1) is 6.07 Å². The molecule has 3 amide bonds. The van der Waals surface area contributed by atoms with E-state index in [0.29, 0.717) is 6.42 Å². The summed E-state index contributed by atoms with van der Waals surface area (Å²) in [7, 11) is 0. The van der Waals surface area contributed by atoms with Crippen LogP contribution in [0.2, 0.25) is 5.02 Å². The lowest BCUT2D eigenvalue weighted by atomic mass is 9.88. The number of carbonyl (C=O) groups excluding carboxylic acids is 3. The molecule has 3 rings (SSSR count). The summed E-state index contributed by atoms with van der Waals surface area (Å²) in [4.78, 5) is 37.6. The SMILES string of the molecule is CC1CC(CC(C#N)NC(=O)C(CC2CC2)NC(=O)C(F)(F)C(C)(O)c2ccccc2Cl)C(=O)N1. The van der Waals surface area contributed by atoms with E-state index in [-0.39, 0.29) is 41.3 Å². The van der Waals surface area contributed by atoms with Gasteiger partial charge < -0.3 is 21.1 Å². The average Bonchev–Trinajstić information content (AvgIpc) is 3.55. The van der Waals surface area contributed by atoms with Gasteiger partial charge in [-0.15, -0.1) is 0 Å². The van der Waals surface area contributed by atoms with Crippen molar-refractivity contribution in [2.45, 2.75) is 75.6 Å². The van der Waals surface area contributed by atoms with Gasteiger partial charge in [0, 0.05) is 22.5 Å². The molecule has 2 fully saturated rings. The lowest BCUT2D eigenvalue weighted by Gasteiger charge is -2.33. The molecule has 5 unspecified atom stereocenters. The molecule has 0 radical (unpaired) electrons. The van der Waals surface area contributed by atoms with Gasteiger partial charge in [-0.3, -0.25) is 14.4 Å². The van der Waals surface area contributed by atoms with Crippen LogP contribution in [-0.4, -0.2) is 46.9 Å². The maximum Gasteiger partial charge on any atom is 0.356 e. The number of benzene rings is 1. The van der Waals surface area contributed by atoms with Crippen molar-refractivity contribution in [1.82, 2.24) is 16.0 Å². The molecule has 1 saturated heterocycles. The van der Waals surface area contributed by atoms with Crippen molar-refractivity contribution in [3.8, 4) is 6.07 Å². The van der Waals surface area contributed by atoms with E-state index in [1.54, 1.807) is 0 Å². The molecule has 2 aliphatic rings. The summed E-state index contributed by atoms with van der Waals surface area (Å²) >= 11 is 5.97. The fourth-order valence-corrected chi connectivity index (χ4v) is 4.59. The Bertz CT molecular complexity index is 1030. The van der Waals surface area contributed by atoms with Gasteiger partial charge >= 0.3 is 5.92 Å². The Hall–Kier alpha value is -2.77. The van der Waals surface area contributed by atoms with Crippen LogP contribution in [0, 0.1) is 23.2 Å².